The molecule has 1 aliphatic rings. The van der Waals surface area contributed by atoms with E-state index in [-0.39, 0.29) is 5.91 Å². The van der Waals surface area contributed by atoms with Crippen LogP contribution in [0.1, 0.15) is 35.1 Å². The summed E-state index contributed by atoms with van der Waals surface area (Å²) < 4.78 is 5.47. The van der Waals surface area contributed by atoms with E-state index >= 15 is 0 Å². The summed E-state index contributed by atoms with van der Waals surface area (Å²) in [5.74, 6) is 0.935. The van der Waals surface area contributed by atoms with Gasteiger partial charge in [-0.05, 0) is 60.6 Å². The van der Waals surface area contributed by atoms with Gasteiger partial charge in [-0.2, -0.15) is 0 Å². The normalized spacial score (nSPS) is 12.7. The summed E-state index contributed by atoms with van der Waals surface area (Å²) in [5, 5.41) is 3.00. The second-order valence-electron chi connectivity index (χ2n) is 5.92. The largest absolute Gasteiger partial charge is 0.496 e. The molecule has 1 N–H and O–H groups in total. The van der Waals surface area contributed by atoms with Gasteiger partial charge in [0.2, 0.25) is 5.91 Å². The number of nitrogens with zero attached hydrogens (tertiary/aromatic N) is 1. The third-order valence-electron chi connectivity index (χ3n) is 4.36. The topological polar surface area (TPSA) is 51.2 Å². The summed E-state index contributed by atoms with van der Waals surface area (Å²) in [4.78, 5) is 16.0. The van der Waals surface area contributed by atoms with Gasteiger partial charge in [0.1, 0.15) is 5.75 Å². The third-order valence-corrected chi connectivity index (χ3v) is 4.36. The van der Waals surface area contributed by atoms with Crippen molar-refractivity contribution in [3.8, 4) is 5.75 Å². The van der Waals surface area contributed by atoms with Crippen molar-refractivity contribution in [1.29, 1.82) is 0 Å². The zero-order valence-electron chi connectivity index (χ0n) is 13.5. The number of fused-ring (bicyclic) bond motifs is 1. The molecule has 0 spiro atoms. The van der Waals surface area contributed by atoms with Gasteiger partial charge < -0.3 is 10.1 Å². The molecule has 4 nitrogen and oxygen atoms in total. The molecular weight excluding hydrogens is 288 g/mol. The minimum Gasteiger partial charge on any atom is -0.496 e. The molecule has 2 aromatic rings. The molecule has 1 aromatic heterocycles. The van der Waals surface area contributed by atoms with Gasteiger partial charge in [0, 0.05) is 30.9 Å². The molecule has 0 fully saturated rings. The lowest BCUT2D eigenvalue weighted by Gasteiger charge is -2.12. The summed E-state index contributed by atoms with van der Waals surface area (Å²) in [6.45, 7) is 0.519. The molecule has 0 aliphatic heterocycles. The highest BCUT2D eigenvalue weighted by molar-refractivity contribution is 5.76. The van der Waals surface area contributed by atoms with Crippen LogP contribution in [0.15, 0.2) is 36.7 Å². The van der Waals surface area contributed by atoms with Gasteiger partial charge in [0.25, 0.3) is 0 Å². The Bertz CT molecular complexity index is 683. The Balaban J connectivity index is 1.56. The van der Waals surface area contributed by atoms with Crippen molar-refractivity contribution >= 4 is 5.91 Å². The van der Waals surface area contributed by atoms with Crippen molar-refractivity contribution in [3.05, 3.63) is 58.9 Å². The van der Waals surface area contributed by atoms with Gasteiger partial charge in [-0.25, -0.2) is 0 Å². The van der Waals surface area contributed by atoms with E-state index in [1.807, 2.05) is 12.1 Å². The van der Waals surface area contributed by atoms with Crippen LogP contribution in [0.5, 0.6) is 5.75 Å². The van der Waals surface area contributed by atoms with Crippen LogP contribution in [0.25, 0.3) is 0 Å². The first-order valence-corrected chi connectivity index (χ1v) is 8.10. The van der Waals surface area contributed by atoms with Crippen molar-refractivity contribution < 1.29 is 9.53 Å². The molecule has 0 bridgehead atoms. The monoisotopic (exact) mass is 310 g/mol. The average Bonchev–Trinajstić information content (AvgIpc) is 3.05. The minimum absolute atomic E-state index is 0.0596. The fourth-order valence-electron chi connectivity index (χ4n) is 3.07. The van der Waals surface area contributed by atoms with E-state index in [0.29, 0.717) is 13.0 Å². The van der Waals surface area contributed by atoms with Crippen molar-refractivity contribution in [2.45, 2.75) is 38.6 Å². The standard InChI is InChI=1S/C19H22N2O2/c1-23-18-12-16-4-2-3-15(16)11-17(18)13-21-19(22)6-5-14-7-9-20-10-8-14/h7-12H,2-6,13H2,1H3,(H,21,22). The maximum absolute atomic E-state index is 12.1. The van der Waals surface area contributed by atoms with Crippen LogP contribution < -0.4 is 10.1 Å². The van der Waals surface area contributed by atoms with Gasteiger partial charge in [-0.1, -0.05) is 6.07 Å². The molecular formula is C19H22N2O2. The van der Waals surface area contributed by atoms with E-state index in [1.54, 1.807) is 19.5 Å². The molecule has 1 aromatic carbocycles. The highest BCUT2D eigenvalue weighted by Gasteiger charge is 2.15. The number of nitrogens with one attached hydrogen (secondary N) is 1. The van der Waals surface area contributed by atoms with Crippen LogP contribution in [0.3, 0.4) is 0 Å². The highest BCUT2D eigenvalue weighted by Crippen LogP contribution is 2.29. The second kappa shape index (κ2) is 7.27. The number of carbonyl (C=O) groups is 1. The van der Waals surface area contributed by atoms with E-state index in [0.717, 1.165) is 36.1 Å². The molecule has 0 atom stereocenters. The summed E-state index contributed by atoms with van der Waals surface area (Å²) in [5.41, 5.74) is 4.97. The summed E-state index contributed by atoms with van der Waals surface area (Å²) in [6, 6.07) is 8.19. The summed E-state index contributed by atoms with van der Waals surface area (Å²) in [7, 11) is 1.69. The Labute approximate surface area is 136 Å². The summed E-state index contributed by atoms with van der Waals surface area (Å²) >= 11 is 0. The molecule has 0 radical (unpaired) electrons. The maximum Gasteiger partial charge on any atom is 0.220 e. The number of aromatic nitrogens is 1. The van der Waals surface area contributed by atoms with E-state index in [2.05, 4.69) is 22.4 Å². The van der Waals surface area contributed by atoms with Crippen molar-refractivity contribution in [1.82, 2.24) is 10.3 Å². The smallest absolute Gasteiger partial charge is 0.220 e. The number of aryl methyl sites for hydroxylation is 3. The number of carbonyl (C=O) groups excluding carboxylic acids is 1. The molecule has 4 heteroatoms. The van der Waals surface area contributed by atoms with Crippen LogP contribution in [0.4, 0.5) is 0 Å². The zero-order chi connectivity index (χ0) is 16.1. The number of rotatable bonds is 6. The van der Waals surface area contributed by atoms with Gasteiger partial charge in [-0.3, -0.25) is 9.78 Å². The second-order valence-corrected chi connectivity index (χ2v) is 5.92. The first-order valence-electron chi connectivity index (χ1n) is 8.10. The Hall–Kier alpha value is -2.36. The lowest BCUT2D eigenvalue weighted by atomic mass is 10.0. The Morgan fingerprint density at radius 2 is 1.96 bits per heavy atom. The van der Waals surface area contributed by atoms with Crippen LogP contribution in [0.2, 0.25) is 0 Å². The van der Waals surface area contributed by atoms with Crippen molar-refractivity contribution in [2.75, 3.05) is 7.11 Å². The molecule has 1 aliphatic carbocycles. The predicted molar refractivity (Wildman–Crippen MR) is 89.4 cm³/mol. The number of methoxy groups -OCH3 is 1. The zero-order valence-corrected chi connectivity index (χ0v) is 13.5. The fraction of sp³-hybridized carbons (Fsp3) is 0.368. The first kappa shape index (κ1) is 15.5. The molecule has 0 saturated heterocycles. The Morgan fingerprint density at radius 1 is 1.22 bits per heavy atom. The Kier molecular flexibility index (Phi) is 4.91. The third kappa shape index (κ3) is 3.89. The minimum atomic E-state index is 0.0596. The lowest BCUT2D eigenvalue weighted by Crippen LogP contribution is -2.23. The number of benzene rings is 1. The number of pyridine rings is 1. The summed E-state index contributed by atoms with van der Waals surface area (Å²) in [6.07, 6.45) is 8.19. The number of ether oxygens (including phenoxy) is 1. The van der Waals surface area contributed by atoms with E-state index in [4.69, 9.17) is 4.74 Å². The molecule has 23 heavy (non-hydrogen) atoms. The SMILES string of the molecule is COc1cc2c(cc1CNC(=O)CCc1ccncc1)CCC2. The van der Waals surface area contributed by atoms with Gasteiger partial charge in [0.15, 0.2) is 0 Å². The Morgan fingerprint density at radius 3 is 2.70 bits per heavy atom. The quantitative estimate of drug-likeness (QED) is 0.892. The average molecular weight is 310 g/mol. The van der Waals surface area contributed by atoms with E-state index in [9.17, 15) is 4.79 Å². The van der Waals surface area contributed by atoms with E-state index in [1.165, 1.54) is 17.5 Å². The molecule has 120 valence electrons. The number of amides is 1. The van der Waals surface area contributed by atoms with Crippen LogP contribution >= 0.6 is 0 Å². The predicted octanol–water partition coefficient (Wildman–Crippen LogP) is 2.83. The van der Waals surface area contributed by atoms with Gasteiger partial charge >= 0.3 is 0 Å². The van der Waals surface area contributed by atoms with Crippen molar-refractivity contribution in [2.24, 2.45) is 0 Å². The van der Waals surface area contributed by atoms with Crippen LogP contribution in [-0.4, -0.2) is 18.0 Å². The molecule has 0 saturated carbocycles. The lowest BCUT2D eigenvalue weighted by molar-refractivity contribution is -0.121. The molecule has 0 unspecified atom stereocenters. The molecule has 1 heterocycles. The van der Waals surface area contributed by atoms with Crippen LogP contribution in [0, 0.1) is 0 Å². The maximum atomic E-state index is 12.1. The van der Waals surface area contributed by atoms with Crippen LogP contribution in [-0.2, 0) is 30.6 Å². The highest BCUT2D eigenvalue weighted by atomic mass is 16.5. The molecule has 1 amide bonds. The van der Waals surface area contributed by atoms with Gasteiger partial charge in [0.05, 0.1) is 7.11 Å². The number of hydrogen-bond acceptors (Lipinski definition) is 3. The first-order chi connectivity index (χ1) is 11.3. The fourth-order valence-corrected chi connectivity index (χ4v) is 3.07. The van der Waals surface area contributed by atoms with E-state index < -0.39 is 0 Å². The van der Waals surface area contributed by atoms with Crippen molar-refractivity contribution in [3.63, 3.8) is 0 Å². The number of hydrogen-bond donors (Lipinski definition) is 1. The van der Waals surface area contributed by atoms with Gasteiger partial charge in [-0.15, -0.1) is 0 Å². The molecule has 3 rings (SSSR count).